The van der Waals surface area contributed by atoms with E-state index in [0.717, 1.165) is 12.1 Å². The number of ether oxygens (including phenoxy) is 1. The van der Waals surface area contributed by atoms with Crippen LogP contribution >= 0.6 is 0 Å². The first kappa shape index (κ1) is 11.7. The molecule has 0 bridgehead atoms. The van der Waals surface area contributed by atoms with Crippen LogP contribution in [0.1, 0.15) is 5.56 Å². The van der Waals surface area contributed by atoms with Crippen LogP contribution in [0.4, 0.5) is 4.39 Å². The molecule has 82 valence electrons. The van der Waals surface area contributed by atoms with E-state index in [0.29, 0.717) is 0 Å². The van der Waals surface area contributed by atoms with Crippen molar-refractivity contribution < 1.29 is 19.0 Å². The third kappa shape index (κ3) is 3.42. The summed E-state index contributed by atoms with van der Waals surface area (Å²) in [4.78, 5) is 10.3. The van der Waals surface area contributed by atoms with Crippen LogP contribution in [0.15, 0.2) is 24.3 Å². The van der Waals surface area contributed by atoms with E-state index >= 15 is 0 Å². The molecule has 0 fully saturated rings. The Balaban J connectivity index is 2.99. The van der Waals surface area contributed by atoms with Gasteiger partial charge in [-0.05, 0) is 24.3 Å². The number of carboxylic acid groups (broad SMARTS) is 1. The second-order valence-corrected chi connectivity index (χ2v) is 2.80. The Morgan fingerprint density at radius 1 is 1.62 bits per heavy atom. The Bertz CT molecular complexity index is 463. The van der Waals surface area contributed by atoms with Gasteiger partial charge in [0.2, 0.25) is 0 Å². The number of aliphatic carboxylic acids is 1. The number of halogens is 1. The molecule has 0 spiro atoms. The van der Waals surface area contributed by atoms with Crippen molar-refractivity contribution in [1.29, 1.82) is 5.26 Å². The first-order valence-corrected chi connectivity index (χ1v) is 4.34. The molecular weight excluding hydrogens is 213 g/mol. The summed E-state index contributed by atoms with van der Waals surface area (Å²) in [5, 5.41) is 16.8. The molecule has 0 saturated heterocycles. The number of nitrogens with zero attached hydrogens (tertiary/aromatic N) is 1. The normalized spacial score (nSPS) is 10.0. The van der Waals surface area contributed by atoms with Crippen molar-refractivity contribution in [2.24, 2.45) is 0 Å². The van der Waals surface area contributed by atoms with Gasteiger partial charge in [-0.15, -0.1) is 0 Å². The lowest BCUT2D eigenvalue weighted by Crippen LogP contribution is -1.96. The fraction of sp³-hybridized carbons (Fsp3) is 0.0909. The Kier molecular flexibility index (Phi) is 4.04. The van der Waals surface area contributed by atoms with E-state index in [-0.39, 0.29) is 17.9 Å². The number of benzene rings is 1. The van der Waals surface area contributed by atoms with Gasteiger partial charge in [-0.2, -0.15) is 5.26 Å². The van der Waals surface area contributed by atoms with Crippen molar-refractivity contribution in [3.63, 3.8) is 0 Å². The maximum Gasteiger partial charge on any atom is 0.328 e. The number of carbonyl (C=O) groups is 1. The molecule has 0 amide bonds. The van der Waals surface area contributed by atoms with Crippen molar-refractivity contribution in [2.75, 3.05) is 6.61 Å². The van der Waals surface area contributed by atoms with Crippen LogP contribution in [0.25, 0.3) is 6.08 Å². The van der Waals surface area contributed by atoms with Crippen molar-refractivity contribution in [1.82, 2.24) is 0 Å². The summed E-state index contributed by atoms with van der Waals surface area (Å²) in [6, 6.07) is 5.41. The van der Waals surface area contributed by atoms with Crippen LogP contribution in [-0.4, -0.2) is 17.7 Å². The van der Waals surface area contributed by atoms with Gasteiger partial charge in [0.25, 0.3) is 0 Å². The highest BCUT2D eigenvalue weighted by Crippen LogP contribution is 2.21. The predicted molar refractivity (Wildman–Crippen MR) is 54.2 cm³/mol. The SMILES string of the molecule is N#CCOc1ccc(F)cc1/C=C/C(=O)O. The van der Waals surface area contributed by atoms with Crippen molar-refractivity contribution in [2.45, 2.75) is 0 Å². The summed E-state index contributed by atoms with van der Waals surface area (Å²) >= 11 is 0. The smallest absolute Gasteiger partial charge is 0.328 e. The summed E-state index contributed by atoms with van der Waals surface area (Å²) in [7, 11) is 0. The summed E-state index contributed by atoms with van der Waals surface area (Å²) in [6.45, 7) is -0.181. The van der Waals surface area contributed by atoms with Gasteiger partial charge in [0.05, 0.1) is 0 Å². The van der Waals surface area contributed by atoms with Crippen LogP contribution in [0.2, 0.25) is 0 Å². The zero-order valence-electron chi connectivity index (χ0n) is 8.18. The summed E-state index contributed by atoms with van der Waals surface area (Å²) in [5.74, 6) is -1.38. The van der Waals surface area contributed by atoms with Gasteiger partial charge >= 0.3 is 5.97 Å². The second kappa shape index (κ2) is 5.51. The molecule has 0 aliphatic carbocycles. The van der Waals surface area contributed by atoms with Crippen LogP contribution < -0.4 is 4.74 Å². The lowest BCUT2D eigenvalue weighted by molar-refractivity contribution is -0.131. The van der Waals surface area contributed by atoms with Crippen LogP contribution in [-0.2, 0) is 4.79 Å². The Morgan fingerprint density at radius 3 is 3.00 bits per heavy atom. The maximum absolute atomic E-state index is 12.9. The number of rotatable bonds is 4. The van der Waals surface area contributed by atoms with Crippen LogP contribution in [0.5, 0.6) is 5.75 Å². The van der Waals surface area contributed by atoms with E-state index in [1.54, 1.807) is 6.07 Å². The van der Waals surface area contributed by atoms with Gasteiger partial charge in [0.15, 0.2) is 6.61 Å². The third-order valence-corrected chi connectivity index (χ3v) is 1.67. The zero-order chi connectivity index (χ0) is 12.0. The fourth-order valence-electron chi connectivity index (χ4n) is 1.05. The fourth-order valence-corrected chi connectivity index (χ4v) is 1.05. The lowest BCUT2D eigenvalue weighted by atomic mass is 10.2. The molecule has 1 aromatic rings. The highest BCUT2D eigenvalue weighted by Gasteiger charge is 2.03. The Hall–Kier alpha value is -2.35. The molecule has 0 aliphatic rings. The number of nitriles is 1. The standard InChI is InChI=1S/C11H8FNO3/c12-9-2-3-10(16-6-5-13)8(7-9)1-4-11(14)15/h1-4,7H,6H2,(H,14,15)/b4-1+. The van der Waals surface area contributed by atoms with Crippen molar-refractivity contribution in [3.05, 3.63) is 35.7 Å². The Labute approximate surface area is 91.2 Å². The molecule has 5 heteroatoms. The minimum absolute atomic E-state index is 0.181. The average Bonchev–Trinajstić information content (AvgIpc) is 2.25. The lowest BCUT2D eigenvalue weighted by Gasteiger charge is -2.05. The molecular formula is C11H8FNO3. The number of hydrogen-bond acceptors (Lipinski definition) is 3. The van der Waals surface area contributed by atoms with Crippen LogP contribution in [0.3, 0.4) is 0 Å². The van der Waals surface area contributed by atoms with E-state index in [2.05, 4.69) is 0 Å². The number of hydrogen-bond donors (Lipinski definition) is 1. The van der Waals surface area contributed by atoms with Crippen LogP contribution in [0, 0.1) is 17.1 Å². The molecule has 0 heterocycles. The number of carboxylic acids is 1. The van der Waals surface area contributed by atoms with Gasteiger partial charge in [-0.1, -0.05) is 0 Å². The molecule has 1 N–H and O–H groups in total. The average molecular weight is 221 g/mol. The largest absolute Gasteiger partial charge is 0.478 e. The third-order valence-electron chi connectivity index (χ3n) is 1.67. The molecule has 1 aromatic carbocycles. The zero-order valence-corrected chi connectivity index (χ0v) is 8.18. The highest BCUT2D eigenvalue weighted by molar-refractivity contribution is 5.85. The molecule has 0 saturated carbocycles. The first-order chi connectivity index (χ1) is 7.63. The summed E-state index contributed by atoms with van der Waals surface area (Å²) < 4.78 is 17.9. The van der Waals surface area contributed by atoms with E-state index in [1.165, 1.54) is 18.2 Å². The molecule has 0 radical (unpaired) electrons. The minimum atomic E-state index is -1.14. The Morgan fingerprint density at radius 2 is 2.38 bits per heavy atom. The van der Waals surface area contributed by atoms with Gasteiger partial charge in [0.1, 0.15) is 17.6 Å². The van der Waals surface area contributed by atoms with E-state index < -0.39 is 11.8 Å². The molecule has 4 nitrogen and oxygen atoms in total. The minimum Gasteiger partial charge on any atom is -0.478 e. The molecule has 0 atom stereocenters. The molecule has 0 aromatic heterocycles. The summed E-state index contributed by atoms with van der Waals surface area (Å²) in [5.41, 5.74) is 0.276. The first-order valence-electron chi connectivity index (χ1n) is 4.34. The van der Waals surface area contributed by atoms with Gasteiger partial charge < -0.3 is 9.84 Å². The van der Waals surface area contributed by atoms with E-state index in [9.17, 15) is 9.18 Å². The molecule has 1 rings (SSSR count). The van der Waals surface area contributed by atoms with Crippen molar-refractivity contribution >= 4 is 12.0 Å². The van der Waals surface area contributed by atoms with Crippen molar-refractivity contribution in [3.8, 4) is 11.8 Å². The van der Waals surface area contributed by atoms with Gasteiger partial charge in [-0.3, -0.25) is 0 Å². The van der Waals surface area contributed by atoms with Gasteiger partial charge in [-0.25, -0.2) is 9.18 Å². The quantitative estimate of drug-likeness (QED) is 0.787. The molecule has 0 unspecified atom stereocenters. The molecule has 16 heavy (non-hydrogen) atoms. The molecule has 0 aliphatic heterocycles. The second-order valence-electron chi connectivity index (χ2n) is 2.80. The predicted octanol–water partition coefficient (Wildman–Crippen LogP) is 1.83. The monoisotopic (exact) mass is 221 g/mol. The highest BCUT2D eigenvalue weighted by atomic mass is 19.1. The van der Waals surface area contributed by atoms with E-state index in [1.807, 2.05) is 0 Å². The maximum atomic E-state index is 12.9. The summed E-state index contributed by atoms with van der Waals surface area (Å²) in [6.07, 6.45) is 2.08. The topological polar surface area (TPSA) is 70.3 Å². The van der Waals surface area contributed by atoms with Gasteiger partial charge in [0, 0.05) is 11.6 Å². The van der Waals surface area contributed by atoms with E-state index in [4.69, 9.17) is 15.1 Å².